The highest BCUT2D eigenvalue weighted by atomic mass is 16.7. The Morgan fingerprint density at radius 2 is 0.733 bits per heavy atom. The van der Waals surface area contributed by atoms with Gasteiger partial charge < -0.3 is 28.1 Å². The first-order chi connectivity index (χ1) is 13.8. The molecule has 1 aromatic carbocycles. The lowest BCUT2D eigenvalue weighted by atomic mass is 9.60. The van der Waals surface area contributed by atoms with Crippen molar-refractivity contribution < 1.29 is 28.1 Å². The van der Waals surface area contributed by atoms with E-state index in [1.807, 2.05) is 0 Å². The van der Waals surface area contributed by atoms with Crippen molar-refractivity contribution in [3.8, 4) is 0 Å². The van der Waals surface area contributed by atoms with Gasteiger partial charge in [0.2, 0.25) is 0 Å². The molecular formula is C22H32B2O6. The van der Waals surface area contributed by atoms with Gasteiger partial charge in [0.05, 0.1) is 48.8 Å². The number of fused-ring (bicyclic) bond motifs is 3. The topological polar surface area (TPSA) is 55.4 Å². The molecule has 4 heterocycles. The Morgan fingerprint density at radius 1 is 0.467 bits per heavy atom. The molecule has 30 heavy (non-hydrogen) atoms. The van der Waals surface area contributed by atoms with Gasteiger partial charge in [0.15, 0.2) is 0 Å². The summed E-state index contributed by atoms with van der Waals surface area (Å²) in [6, 6.07) is 0. The van der Waals surface area contributed by atoms with Gasteiger partial charge in [-0.2, -0.15) is 0 Å². The van der Waals surface area contributed by atoms with Crippen molar-refractivity contribution in [2.45, 2.75) is 104 Å². The molecule has 0 unspecified atom stereocenters. The second-order valence-corrected chi connectivity index (χ2v) is 10.9. The standard InChI is InChI=1S/C22H32B2O6/c1-19(2)20(3,4)28-23(27-19)17-15-11-25-9-13(15)14-10-26-12-16(14)18(17)24-29-21(5,6)22(7,8)30-24/h9-12H2,1-8H3. The van der Waals surface area contributed by atoms with E-state index >= 15 is 0 Å². The normalized spacial score (nSPS) is 27.6. The Labute approximate surface area is 180 Å². The van der Waals surface area contributed by atoms with E-state index in [4.69, 9.17) is 28.1 Å². The highest BCUT2D eigenvalue weighted by Gasteiger charge is 2.58. The first kappa shape index (κ1) is 21.0. The lowest BCUT2D eigenvalue weighted by molar-refractivity contribution is 0.00578. The smallest absolute Gasteiger partial charge is 0.399 e. The Kier molecular flexibility index (Phi) is 4.43. The van der Waals surface area contributed by atoms with Gasteiger partial charge in [0.1, 0.15) is 0 Å². The van der Waals surface area contributed by atoms with Gasteiger partial charge in [-0.1, -0.05) is 0 Å². The minimum Gasteiger partial charge on any atom is -0.399 e. The summed E-state index contributed by atoms with van der Waals surface area (Å²) in [5.74, 6) is 0. The Bertz CT molecular complexity index is 803. The second kappa shape index (κ2) is 6.33. The summed E-state index contributed by atoms with van der Waals surface area (Å²) >= 11 is 0. The van der Waals surface area contributed by atoms with Crippen LogP contribution < -0.4 is 10.9 Å². The van der Waals surface area contributed by atoms with E-state index in [1.165, 1.54) is 11.1 Å². The molecule has 0 atom stereocenters. The van der Waals surface area contributed by atoms with Gasteiger partial charge in [-0.05, 0) is 88.6 Å². The van der Waals surface area contributed by atoms with Crippen LogP contribution in [0, 0.1) is 0 Å². The van der Waals surface area contributed by atoms with E-state index in [2.05, 4.69) is 55.4 Å². The zero-order valence-electron chi connectivity index (χ0n) is 19.4. The maximum absolute atomic E-state index is 6.51. The lowest BCUT2D eigenvalue weighted by Gasteiger charge is -2.32. The maximum Gasteiger partial charge on any atom is 0.494 e. The summed E-state index contributed by atoms with van der Waals surface area (Å²) in [7, 11) is -1.02. The molecule has 0 spiro atoms. The largest absolute Gasteiger partial charge is 0.494 e. The summed E-state index contributed by atoms with van der Waals surface area (Å²) in [4.78, 5) is 0. The molecule has 0 saturated carbocycles. The van der Waals surface area contributed by atoms with E-state index in [0.29, 0.717) is 26.4 Å². The quantitative estimate of drug-likeness (QED) is 0.693. The minimum atomic E-state index is -0.509. The van der Waals surface area contributed by atoms with E-state index in [9.17, 15) is 0 Å². The molecule has 0 aliphatic carbocycles. The van der Waals surface area contributed by atoms with Gasteiger partial charge in [-0.25, -0.2) is 0 Å². The van der Waals surface area contributed by atoms with Crippen LogP contribution in [0.25, 0.3) is 0 Å². The molecule has 0 bridgehead atoms. The highest BCUT2D eigenvalue weighted by Crippen LogP contribution is 2.41. The second-order valence-electron chi connectivity index (χ2n) is 10.9. The number of benzene rings is 1. The third kappa shape index (κ3) is 2.81. The summed E-state index contributed by atoms with van der Waals surface area (Å²) < 4.78 is 37.8. The molecule has 0 aromatic heterocycles. The molecule has 2 saturated heterocycles. The zero-order chi connectivity index (χ0) is 21.7. The number of ether oxygens (including phenoxy) is 2. The van der Waals surface area contributed by atoms with E-state index < -0.39 is 36.6 Å². The zero-order valence-corrected chi connectivity index (χ0v) is 19.4. The summed E-state index contributed by atoms with van der Waals surface area (Å²) in [5, 5.41) is 0. The third-order valence-electron chi connectivity index (χ3n) is 8.00. The van der Waals surface area contributed by atoms with Crippen LogP contribution in [0.5, 0.6) is 0 Å². The van der Waals surface area contributed by atoms with Crippen LogP contribution in [0.2, 0.25) is 0 Å². The molecule has 2 fully saturated rings. The third-order valence-corrected chi connectivity index (χ3v) is 8.00. The van der Waals surface area contributed by atoms with Crippen molar-refractivity contribution in [3.05, 3.63) is 22.3 Å². The van der Waals surface area contributed by atoms with Crippen LogP contribution in [0.3, 0.4) is 0 Å². The Morgan fingerprint density at radius 3 is 1.03 bits per heavy atom. The van der Waals surface area contributed by atoms with Gasteiger partial charge in [-0.3, -0.25) is 0 Å². The fraction of sp³-hybridized carbons (Fsp3) is 0.727. The van der Waals surface area contributed by atoms with Crippen molar-refractivity contribution in [1.82, 2.24) is 0 Å². The van der Waals surface area contributed by atoms with Gasteiger partial charge in [0, 0.05) is 0 Å². The van der Waals surface area contributed by atoms with Gasteiger partial charge in [-0.15, -0.1) is 0 Å². The van der Waals surface area contributed by atoms with Crippen molar-refractivity contribution in [2.24, 2.45) is 0 Å². The van der Waals surface area contributed by atoms with Crippen LogP contribution >= 0.6 is 0 Å². The average Bonchev–Trinajstić information content (AvgIpc) is 3.32. The van der Waals surface area contributed by atoms with E-state index in [1.54, 1.807) is 0 Å². The number of hydrogen-bond donors (Lipinski definition) is 0. The number of hydrogen-bond acceptors (Lipinski definition) is 6. The molecule has 0 radical (unpaired) electrons. The SMILES string of the molecule is CC1(C)OB(c2c3c(c4c(c2B2OC(C)(C)C(C)(C)O2)COC4)COC3)OC1(C)C. The van der Waals surface area contributed by atoms with Crippen LogP contribution in [0.1, 0.15) is 77.6 Å². The average molecular weight is 414 g/mol. The summed E-state index contributed by atoms with van der Waals surface area (Å²) in [6.45, 7) is 18.9. The van der Waals surface area contributed by atoms with Gasteiger partial charge >= 0.3 is 14.2 Å². The van der Waals surface area contributed by atoms with Crippen molar-refractivity contribution >= 4 is 25.2 Å². The predicted octanol–water partition coefficient (Wildman–Crippen LogP) is 2.35. The van der Waals surface area contributed by atoms with Gasteiger partial charge in [0.25, 0.3) is 0 Å². The molecule has 8 heteroatoms. The maximum atomic E-state index is 6.51. The molecule has 4 aliphatic heterocycles. The first-order valence-corrected chi connectivity index (χ1v) is 10.9. The predicted molar refractivity (Wildman–Crippen MR) is 115 cm³/mol. The summed E-state index contributed by atoms with van der Waals surface area (Å²) in [5.41, 5.74) is 4.97. The van der Waals surface area contributed by atoms with Crippen LogP contribution in [0.4, 0.5) is 0 Å². The van der Waals surface area contributed by atoms with Crippen molar-refractivity contribution in [2.75, 3.05) is 0 Å². The minimum absolute atomic E-state index is 0.438. The monoisotopic (exact) mass is 414 g/mol. The van der Waals surface area contributed by atoms with Crippen LogP contribution in [-0.4, -0.2) is 36.6 Å². The Hall–Kier alpha value is -0.890. The molecule has 4 aliphatic rings. The molecule has 5 rings (SSSR count). The van der Waals surface area contributed by atoms with E-state index in [-0.39, 0.29) is 0 Å². The molecule has 6 nitrogen and oxygen atoms in total. The van der Waals surface area contributed by atoms with Crippen LogP contribution in [-0.2, 0) is 54.5 Å². The molecule has 1 aromatic rings. The first-order valence-electron chi connectivity index (χ1n) is 10.9. The van der Waals surface area contributed by atoms with Crippen LogP contribution in [0.15, 0.2) is 0 Å². The fourth-order valence-electron chi connectivity index (χ4n) is 4.66. The molecular weight excluding hydrogens is 382 g/mol. The highest BCUT2D eigenvalue weighted by molar-refractivity contribution is 6.75. The van der Waals surface area contributed by atoms with Crippen molar-refractivity contribution in [1.29, 1.82) is 0 Å². The molecule has 162 valence electrons. The number of rotatable bonds is 2. The summed E-state index contributed by atoms with van der Waals surface area (Å²) in [6.07, 6.45) is 0. The van der Waals surface area contributed by atoms with E-state index in [0.717, 1.165) is 22.1 Å². The van der Waals surface area contributed by atoms with Crippen molar-refractivity contribution in [3.63, 3.8) is 0 Å². The Balaban J connectivity index is 1.70. The molecule has 0 N–H and O–H groups in total. The fourth-order valence-corrected chi connectivity index (χ4v) is 4.66. The molecule has 0 amide bonds. The lowest BCUT2D eigenvalue weighted by Crippen LogP contribution is -2.55.